The van der Waals surface area contributed by atoms with Crippen molar-refractivity contribution in [2.24, 2.45) is 0 Å². The topological polar surface area (TPSA) is 63.6 Å². The van der Waals surface area contributed by atoms with Crippen LogP contribution in [0.1, 0.15) is 5.69 Å². The lowest BCUT2D eigenvalue weighted by Crippen LogP contribution is -2.04. The number of nitrogens with zero attached hydrogens (tertiary/aromatic N) is 4. The molecular weight excluding hydrogens is 226 g/mol. The summed E-state index contributed by atoms with van der Waals surface area (Å²) in [6.45, 7) is 0.584. The zero-order chi connectivity index (χ0) is 12.2. The van der Waals surface area contributed by atoms with Crippen molar-refractivity contribution in [2.45, 2.75) is 6.54 Å². The van der Waals surface area contributed by atoms with E-state index in [1.54, 1.807) is 12.4 Å². The molecule has 0 saturated carbocycles. The molecule has 5 heteroatoms. The Balaban J connectivity index is 1.79. The highest BCUT2D eigenvalue weighted by Gasteiger charge is 1.99. The molecular formula is C13H11N5. The molecule has 1 aromatic carbocycles. The SMILES string of the molecule is c1cnnc(CNc2cnc3ccccc3n2)c1. The number of anilines is 1. The van der Waals surface area contributed by atoms with E-state index in [2.05, 4.69) is 25.5 Å². The minimum atomic E-state index is 0.584. The summed E-state index contributed by atoms with van der Waals surface area (Å²) in [7, 11) is 0. The zero-order valence-corrected chi connectivity index (χ0v) is 9.61. The quantitative estimate of drug-likeness (QED) is 0.755. The molecule has 0 spiro atoms. The van der Waals surface area contributed by atoms with Gasteiger partial charge in [0.2, 0.25) is 0 Å². The van der Waals surface area contributed by atoms with Gasteiger partial charge in [-0.25, -0.2) is 4.98 Å². The summed E-state index contributed by atoms with van der Waals surface area (Å²) >= 11 is 0. The predicted octanol–water partition coefficient (Wildman–Crippen LogP) is 2.03. The number of aromatic nitrogens is 4. The number of hydrogen-bond acceptors (Lipinski definition) is 5. The number of nitrogens with one attached hydrogen (secondary N) is 1. The molecule has 0 aliphatic carbocycles. The van der Waals surface area contributed by atoms with E-state index in [-0.39, 0.29) is 0 Å². The van der Waals surface area contributed by atoms with E-state index in [4.69, 9.17) is 0 Å². The van der Waals surface area contributed by atoms with Crippen LogP contribution in [0.4, 0.5) is 5.82 Å². The third kappa shape index (κ3) is 2.24. The van der Waals surface area contributed by atoms with Crippen molar-refractivity contribution in [3.05, 3.63) is 54.5 Å². The van der Waals surface area contributed by atoms with Crippen molar-refractivity contribution in [3.63, 3.8) is 0 Å². The Bertz CT molecular complexity index is 654. The Morgan fingerprint density at radius 2 is 1.89 bits per heavy atom. The maximum atomic E-state index is 4.47. The van der Waals surface area contributed by atoms with E-state index in [1.165, 1.54) is 0 Å². The van der Waals surface area contributed by atoms with Gasteiger partial charge >= 0.3 is 0 Å². The summed E-state index contributed by atoms with van der Waals surface area (Å²) in [5.74, 6) is 0.736. The van der Waals surface area contributed by atoms with Crippen molar-refractivity contribution in [2.75, 3.05) is 5.32 Å². The van der Waals surface area contributed by atoms with Gasteiger partial charge in [0, 0.05) is 6.20 Å². The van der Waals surface area contributed by atoms with Crippen LogP contribution in [-0.4, -0.2) is 20.2 Å². The van der Waals surface area contributed by atoms with Gasteiger partial charge in [-0.1, -0.05) is 12.1 Å². The molecule has 0 unspecified atom stereocenters. The largest absolute Gasteiger partial charge is 0.363 e. The fraction of sp³-hybridized carbons (Fsp3) is 0.0769. The van der Waals surface area contributed by atoms with Crippen LogP contribution in [0, 0.1) is 0 Å². The highest BCUT2D eigenvalue weighted by atomic mass is 15.1. The smallest absolute Gasteiger partial charge is 0.145 e. The van der Waals surface area contributed by atoms with Gasteiger partial charge in [-0.05, 0) is 24.3 Å². The number of rotatable bonds is 3. The summed E-state index contributed by atoms with van der Waals surface area (Å²) in [5, 5.41) is 11.0. The third-order valence-corrected chi connectivity index (χ3v) is 2.53. The minimum absolute atomic E-state index is 0.584. The van der Waals surface area contributed by atoms with Crippen LogP contribution in [0.5, 0.6) is 0 Å². The van der Waals surface area contributed by atoms with Gasteiger partial charge in [0.25, 0.3) is 0 Å². The number of para-hydroxylation sites is 2. The molecule has 0 atom stereocenters. The maximum Gasteiger partial charge on any atom is 0.145 e. The molecule has 3 rings (SSSR count). The van der Waals surface area contributed by atoms with Crippen LogP contribution in [-0.2, 0) is 6.54 Å². The van der Waals surface area contributed by atoms with Gasteiger partial charge in [-0.15, -0.1) is 0 Å². The first-order chi connectivity index (χ1) is 8.92. The summed E-state index contributed by atoms with van der Waals surface area (Å²) in [6.07, 6.45) is 3.37. The molecule has 88 valence electrons. The second-order valence-corrected chi connectivity index (χ2v) is 3.81. The van der Waals surface area contributed by atoms with Crippen LogP contribution in [0.2, 0.25) is 0 Å². The van der Waals surface area contributed by atoms with Gasteiger partial charge in [0.05, 0.1) is 29.5 Å². The van der Waals surface area contributed by atoms with Gasteiger partial charge in [0.15, 0.2) is 0 Å². The minimum Gasteiger partial charge on any atom is -0.363 e. The predicted molar refractivity (Wildman–Crippen MR) is 68.9 cm³/mol. The van der Waals surface area contributed by atoms with Crippen LogP contribution in [0.25, 0.3) is 11.0 Å². The molecule has 0 bridgehead atoms. The second-order valence-electron chi connectivity index (χ2n) is 3.81. The first-order valence-corrected chi connectivity index (χ1v) is 5.64. The summed E-state index contributed by atoms with van der Waals surface area (Å²) in [6, 6.07) is 11.5. The Labute approximate surface area is 104 Å². The lowest BCUT2D eigenvalue weighted by molar-refractivity contribution is 0.920. The molecule has 0 radical (unpaired) electrons. The van der Waals surface area contributed by atoms with Gasteiger partial charge in [-0.3, -0.25) is 4.98 Å². The molecule has 2 aromatic heterocycles. The van der Waals surface area contributed by atoms with E-state index in [1.807, 2.05) is 36.4 Å². The molecule has 0 amide bonds. The summed E-state index contributed by atoms with van der Waals surface area (Å²) in [4.78, 5) is 8.80. The average Bonchev–Trinajstić information content (AvgIpc) is 2.46. The molecule has 0 aliphatic heterocycles. The van der Waals surface area contributed by atoms with Crippen molar-refractivity contribution >= 4 is 16.9 Å². The molecule has 0 aliphatic rings. The van der Waals surface area contributed by atoms with E-state index in [0.717, 1.165) is 22.5 Å². The number of hydrogen-bond donors (Lipinski definition) is 1. The Morgan fingerprint density at radius 1 is 1.00 bits per heavy atom. The maximum absolute atomic E-state index is 4.47. The Kier molecular flexibility index (Phi) is 2.79. The van der Waals surface area contributed by atoms with Gasteiger partial charge < -0.3 is 5.32 Å². The van der Waals surface area contributed by atoms with E-state index in [0.29, 0.717) is 6.54 Å². The Morgan fingerprint density at radius 3 is 2.72 bits per heavy atom. The Hall–Kier alpha value is -2.56. The lowest BCUT2D eigenvalue weighted by Gasteiger charge is -2.04. The summed E-state index contributed by atoms with van der Waals surface area (Å²) in [5.41, 5.74) is 2.64. The highest BCUT2D eigenvalue weighted by molar-refractivity contribution is 5.75. The van der Waals surface area contributed by atoms with Crippen molar-refractivity contribution in [1.82, 2.24) is 20.2 Å². The van der Waals surface area contributed by atoms with Crippen LogP contribution >= 0.6 is 0 Å². The molecule has 0 fully saturated rings. The fourth-order valence-electron chi connectivity index (χ4n) is 1.65. The number of fused-ring (bicyclic) bond motifs is 1. The zero-order valence-electron chi connectivity index (χ0n) is 9.61. The first-order valence-electron chi connectivity index (χ1n) is 5.64. The monoisotopic (exact) mass is 237 g/mol. The normalized spacial score (nSPS) is 10.4. The lowest BCUT2D eigenvalue weighted by atomic mass is 10.3. The molecule has 3 aromatic rings. The average molecular weight is 237 g/mol. The standard InChI is InChI=1S/C13H11N5/c1-2-6-12-11(5-1)14-9-13(17-12)15-8-10-4-3-7-16-18-10/h1-7,9H,8H2,(H,15,17). The molecule has 5 nitrogen and oxygen atoms in total. The second kappa shape index (κ2) is 4.75. The van der Waals surface area contributed by atoms with Gasteiger partial charge in [0.1, 0.15) is 5.82 Å². The molecule has 18 heavy (non-hydrogen) atoms. The van der Waals surface area contributed by atoms with Crippen LogP contribution in [0.15, 0.2) is 48.8 Å². The van der Waals surface area contributed by atoms with E-state index < -0.39 is 0 Å². The third-order valence-electron chi connectivity index (χ3n) is 2.53. The van der Waals surface area contributed by atoms with E-state index >= 15 is 0 Å². The molecule has 2 heterocycles. The molecule has 0 saturated heterocycles. The molecule has 1 N–H and O–H groups in total. The number of benzene rings is 1. The first kappa shape index (κ1) is 10.6. The highest BCUT2D eigenvalue weighted by Crippen LogP contribution is 2.11. The van der Waals surface area contributed by atoms with Crippen molar-refractivity contribution in [3.8, 4) is 0 Å². The van der Waals surface area contributed by atoms with Crippen LogP contribution in [0.3, 0.4) is 0 Å². The van der Waals surface area contributed by atoms with E-state index in [9.17, 15) is 0 Å². The van der Waals surface area contributed by atoms with Crippen molar-refractivity contribution < 1.29 is 0 Å². The fourth-order valence-corrected chi connectivity index (χ4v) is 1.65. The van der Waals surface area contributed by atoms with Crippen molar-refractivity contribution in [1.29, 1.82) is 0 Å². The van der Waals surface area contributed by atoms with Crippen LogP contribution < -0.4 is 5.32 Å². The van der Waals surface area contributed by atoms with Gasteiger partial charge in [-0.2, -0.15) is 10.2 Å². The summed E-state index contributed by atoms with van der Waals surface area (Å²) < 4.78 is 0.